The van der Waals surface area contributed by atoms with Crippen molar-refractivity contribution in [2.75, 3.05) is 7.11 Å². The summed E-state index contributed by atoms with van der Waals surface area (Å²) in [6.45, 7) is 10.1. The zero-order valence-electron chi connectivity index (χ0n) is 15.7. The molecule has 0 unspecified atom stereocenters. The molecule has 0 bridgehead atoms. The summed E-state index contributed by atoms with van der Waals surface area (Å²) in [5.41, 5.74) is 1.03. The number of rotatable bonds is 10. The van der Waals surface area contributed by atoms with Gasteiger partial charge in [0.1, 0.15) is 5.75 Å². The van der Waals surface area contributed by atoms with Crippen LogP contribution < -0.4 is 4.74 Å². The highest BCUT2D eigenvalue weighted by Gasteiger charge is 2.21. The Bertz CT molecular complexity index is 534. The number of methoxy groups -OCH3 is 1. The average Bonchev–Trinajstić information content (AvgIpc) is 2.51. The summed E-state index contributed by atoms with van der Waals surface area (Å²) in [7, 11) is 1.63. The normalized spacial score (nSPS) is 14.0. The van der Waals surface area contributed by atoms with Crippen molar-refractivity contribution >= 4 is 16.9 Å². The number of carbonyl (C=O) groups excluding carboxylic acids is 1. The van der Waals surface area contributed by atoms with Crippen molar-refractivity contribution in [1.82, 2.24) is 0 Å². The number of hydrogen-bond acceptors (Lipinski definition) is 5. The van der Waals surface area contributed by atoms with Gasteiger partial charge in [0.25, 0.3) is 0 Å². The number of thioether (sulfide) groups is 1. The molecule has 25 heavy (non-hydrogen) atoms. The van der Waals surface area contributed by atoms with E-state index < -0.39 is 6.10 Å². The van der Waals surface area contributed by atoms with E-state index in [4.69, 9.17) is 9.47 Å². The Kier molecular flexibility index (Phi) is 9.25. The van der Waals surface area contributed by atoms with Crippen LogP contribution in [0, 0.1) is 0 Å². The SMILES string of the molecule is C=CC[C@@H](C[C@H](O)CC(=O)SC(C)(C)C)OCc1ccc(OC)cc1. The van der Waals surface area contributed by atoms with Gasteiger partial charge in [-0.05, 0) is 24.1 Å². The van der Waals surface area contributed by atoms with Gasteiger partial charge in [0.2, 0.25) is 0 Å². The summed E-state index contributed by atoms with van der Waals surface area (Å²) in [6.07, 6.45) is 2.09. The first-order valence-corrected chi connectivity index (χ1v) is 9.30. The third-order valence-electron chi connectivity index (χ3n) is 3.43. The minimum atomic E-state index is -0.705. The summed E-state index contributed by atoms with van der Waals surface area (Å²) >= 11 is 1.27. The van der Waals surface area contributed by atoms with Crippen LogP contribution in [-0.2, 0) is 16.1 Å². The lowest BCUT2D eigenvalue weighted by molar-refractivity contribution is -0.113. The van der Waals surface area contributed by atoms with Gasteiger partial charge in [-0.1, -0.05) is 50.7 Å². The van der Waals surface area contributed by atoms with Crippen LogP contribution in [0.1, 0.15) is 45.6 Å². The van der Waals surface area contributed by atoms with Crippen molar-refractivity contribution in [2.45, 2.75) is 63.6 Å². The van der Waals surface area contributed by atoms with Gasteiger partial charge >= 0.3 is 0 Å². The van der Waals surface area contributed by atoms with E-state index in [0.29, 0.717) is 19.4 Å². The van der Waals surface area contributed by atoms with E-state index in [9.17, 15) is 9.90 Å². The molecule has 1 N–H and O–H groups in total. The summed E-state index contributed by atoms with van der Waals surface area (Å²) in [4.78, 5) is 12.0. The third kappa shape index (κ3) is 9.68. The highest BCUT2D eigenvalue weighted by atomic mass is 32.2. The molecule has 0 aliphatic carbocycles. The number of hydrogen-bond donors (Lipinski definition) is 1. The van der Waals surface area contributed by atoms with Crippen molar-refractivity contribution in [3.8, 4) is 5.75 Å². The fourth-order valence-electron chi connectivity index (χ4n) is 2.32. The Morgan fingerprint density at radius 3 is 2.48 bits per heavy atom. The lowest BCUT2D eigenvalue weighted by Gasteiger charge is -2.21. The molecule has 0 saturated heterocycles. The van der Waals surface area contributed by atoms with Crippen molar-refractivity contribution in [3.63, 3.8) is 0 Å². The van der Waals surface area contributed by atoms with Crippen LogP contribution in [-0.4, -0.2) is 34.3 Å². The van der Waals surface area contributed by atoms with E-state index in [1.54, 1.807) is 13.2 Å². The minimum Gasteiger partial charge on any atom is -0.497 e. The molecule has 2 atom stereocenters. The maximum Gasteiger partial charge on any atom is 0.192 e. The van der Waals surface area contributed by atoms with Crippen LogP contribution in [0.25, 0.3) is 0 Å². The second-order valence-electron chi connectivity index (χ2n) is 6.99. The molecule has 140 valence electrons. The van der Waals surface area contributed by atoms with Gasteiger partial charge in [0.05, 0.1) is 25.9 Å². The third-order valence-corrected chi connectivity index (χ3v) is 4.44. The molecule has 0 radical (unpaired) electrons. The van der Waals surface area contributed by atoms with Crippen LogP contribution in [0.2, 0.25) is 0 Å². The van der Waals surface area contributed by atoms with Crippen LogP contribution in [0.5, 0.6) is 5.75 Å². The number of aliphatic hydroxyl groups excluding tert-OH is 1. The molecule has 0 aliphatic rings. The molecule has 1 rings (SSSR count). The molecule has 0 fully saturated rings. The Hall–Kier alpha value is -1.30. The molecule has 1 aromatic carbocycles. The topological polar surface area (TPSA) is 55.8 Å². The molecule has 0 saturated carbocycles. The fraction of sp³-hybridized carbons (Fsp3) is 0.550. The largest absolute Gasteiger partial charge is 0.497 e. The number of benzene rings is 1. The van der Waals surface area contributed by atoms with Crippen LogP contribution >= 0.6 is 11.8 Å². The average molecular weight is 367 g/mol. The zero-order chi connectivity index (χ0) is 18.9. The van der Waals surface area contributed by atoms with E-state index in [0.717, 1.165) is 11.3 Å². The van der Waals surface area contributed by atoms with Gasteiger partial charge < -0.3 is 14.6 Å². The van der Waals surface area contributed by atoms with Crippen molar-refractivity contribution in [3.05, 3.63) is 42.5 Å². The van der Waals surface area contributed by atoms with Crippen LogP contribution in [0.4, 0.5) is 0 Å². The monoisotopic (exact) mass is 366 g/mol. The zero-order valence-corrected chi connectivity index (χ0v) is 16.5. The Labute approximate surface area is 155 Å². The summed E-state index contributed by atoms with van der Waals surface area (Å²) in [5, 5.41) is 10.2. The van der Waals surface area contributed by atoms with Gasteiger partial charge in [-0.15, -0.1) is 6.58 Å². The van der Waals surface area contributed by atoms with Gasteiger partial charge in [-0.3, -0.25) is 4.79 Å². The van der Waals surface area contributed by atoms with E-state index in [1.165, 1.54) is 11.8 Å². The predicted octanol–water partition coefficient (Wildman–Crippen LogP) is 4.36. The fourth-order valence-corrected chi connectivity index (χ4v) is 3.28. The van der Waals surface area contributed by atoms with E-state index >= 15 is 0 Å². The smallest absolute Gasteiger partial charge is 0.192 e. The molecule has 0 aliphatic heterocycles. The lowest BCUT2D eigenvalue weighted by atomic mass is 10.1. The first kappa shape index (κ1) is 21.7. The first-order valence-electron chi connectivity index (χ1n) is 8.49. The maximum absolute atomic E-state index is 12.0. The predicted molar refractivity (Wildman–Crippen MR) is 104 cm³/mol. The molecule has 1 aromatic rings. The standard InChI is InChI=1S/C20H30O4S/c1-6-7-18(12-16(21)13-19(22)25-20(2,3)4)24-14-15-8-10-17(23-5)11-9-15/h6,8-11,16,18,21H,1,7,12-14H2,2-5H3/t16-,18-/m0/s1. The first-order chi connectivity index (χ1) is 11.7. The van der Waals surface area contributed by atoms with E-state index in [1.807, 2.05) is 45.0 Å². The maximum atomic E-state index is 12.0. The van der Waals surface area contributed by atoms with E-state index in [-0.39, 0.29) is 22.4 Å². The molecule has 0 heterocycles. The van der Waals surface area contributed by atoms with Crippen molar-refractivity contribution in [1.29, 1.82) is 0 Å². The van der Waals surface area contributed by atoms with E-state index in [2.05, 4.69) is 6.58 Å². The van der Waals surface area contributed by atoms with Gasteiger partial charge in [-0.2, -0.15) is 0 Å². The summed E-state index contributed by atoms with van der Waals surface area (Å²) in [6, 6.07) is 7.67. The molecule has 5 heteroatoms. The molecular weight excluding hydrogens is 336 g/mol. The number of ether oxygens (including phenoxy) is 2. The quantitative estimate of drug-likeness (QED) is 0.624. The second-order valence-corrected chi connectivity index (χ2v) is 8.87. The van der Waals surface area contributed by atoms with Gasteiger partial charge in [0, 0.05) is 17.6 Å². The minimum absolute atomic E-state index is 0.00695. The Balaban J connectivity index is 2.49. The molecular formula is C20H30O4S. The van der Waals surface area contributed by atoms with Gasteiger partial charge in [-0.25, -0.2) is 0 Å². The molecule has 4 nitrogen and oxygen atoms in total. The number of carbonyl (C=O) groups is 1. The van der Waals surface area contributed by atoms with Gasteiger partial charge in [0.15, 0.2) is 5.12 Å². The highest BCUT2D eigenvalue weighted by Crippen LogP contribution is 2.26. The summed E-state index contributed by atoms with van der Waals surface area (Å²) in [5.74, 6) is 0.802. The Morgan fingerprint density at radius 1 is 1.32 bits per heavy atom. The van der Waals surface area contributed by atoms with Crippen molar-refractivity contribution < 1.29 is 19.4 Å². The molecule has 0 amide bonds. The van der Waals surface area contributed by atoms with Crippen molar-refractivity contribution in [2.24, 2.45) is 0 Å². The number of aliphatic hydroxyl groups is 1. The molecule has 0 aromatic heterocycles. The molecule has 0 spiro atoms. The summed E-state index contributed by atoms with van der Waals surface area (Å²) < 4.78 is 10.9. The van der Waals surface area contributed by atoms with Crippen LogP contribution in [0.15, 0.2) is 36.9 Å². The highest BCUT2D eigenvalue weighted by molar-refractivity contribution is 8.14. The second kappa shape index (κ2) is 10.6. The van der Waals surface area contributed by atoms with Crippen LogP contribution in [0.3, 0.4) is 0 Å². The lowest BCUT2D eigenvalue weighted by Crippen LogP contribution is -2.23. The Morgan fingerprint density at radius 2 is 1.96 bits per heavy atom.